The summed E-state index contributed by atoms with van der Waals surface area (Å²) in [7, 11) is 0. The maximum absolute atomic E-state index is 12.5. The highest BCUT2D eigenvalue weighted by Gasteiger charge is 2.45. The number of allylic oxidation sites excluding steroid dienone is 1. The van der Waals surface area contributed by atoms with Gasteiger partial charge in [-0.3, -0.25) is 0 Å². The first kappa shape index (κ1) is 12.9. The lowest BCUT2D eigenvalue weighted by atomic mass is 9.89. The van der Waals surface area contributed by atoms with E-state index in [4.69, 9.17) is 9.47 Å². The minimum Gasteiger partial charge on any atom is -0.349 e. The number of alkyl halides is 3. The molecule has 0 aromatic rings. The van der Waals surface area contributed by atoms with E-state index in [1.807, 2.05) is 13.8 Å². The second-order valence-electron chi connectivity index (χ2n) is 5.58. The molecular formula is C12H17F3O2. The summed E-state index contributed by atoms with van der Waals surface area (Å²) in [6, 6.07) is 0. The second kappa shape index (κ2) is 3.99. The molecule has 2 nitrogen and oxygen atoms in total. The fourth-order valence-electron chi connectivity index (χ4n) is 2.06. The molecule has 0 bridgehead atoms. The molecule has 1 fully saturated rings. The Kier molecular flexibility index (Phi) is 3.02. The zero-order valence-electron chi connectivity index (χ0n) is 10.1. The lowest BCUT2D eigenvalue weighted by Crippen LogP contribution is -2.48. The maximum atomic E-state index is 12.5. The Morgan fingerprint density at radius 3 is 2.18 bits per heavy atom. The summed E-state index contributed by atoms with van der Waals surface area (Å²) in [5.41, 5.74) is -0.514. The number of rotatable bonds is 0. The van der Waals surface area contributed by atoms with Gasteiger partial charge in [-0.25, -0.2) is 0 Å². The van der Waals surface area contributed by atoms with E-state index in [1.165, 1.54) is 6.08 Å². The Labute approximate surface area is 98.8 Å². The van der Waals surface area contributed by atoms with Gasteiger partial charge in [-0.05, 0) is 6.42 Å². The highest BCUT2D eigenvalue weighted by Crippen LogP contribution is 2.42. The molecule has 0 aromatic carbocycles. The number of hydrogen-bond donors (Lipinski definition) is 0. The predicted octanol–water partition coefficient (Wildman–Crippen LogP) is 3.43. The Hall–Kier alpha value is -0.550. The van der Waals surface area contributed by atoms with Crippen LogP contribution in [0.2, 0.25) is 0 Å². The minimum atomic E-state index is -4.21. The molecule has 0 radical (unpaired) electrons. The summed E-state index contributed by atoms with van der Waals surface area (Å²) in [6.07, 6.45) is -2.55. The fraction of sp³-hybridized carbons (Fsp3) is 0.833. The van der Waals surface area contributed by atoms with Crippen molar-refractivity contribution in [1.29, 1.82) is 0 Å². The van der Waals surface area contributed by atoms with Crippen molar-refractivity contribution in [3.8, 4) is 0 Å². The molecule has 0 atom stereocenters. The summed E-state index contributed by atoms with van der Waals surface area (Å²) in [4.78, 5) is 0. The van der Waals surface area contributed by atoms with Crippen LogP contribution in [0.5, 0.6) is 0 Å². The summed E-state index contributed by atoms with van der Waals surface area (Å²) in [5, 5.41) is 0. The SMILES string of the molecule is CC1(C)COC2(CC=C(C(F)(F)F)CC2)OC1. The van der Waals surface area contributed by atoms with Crippen molar-refractivity contribution in [2.45, 2.75) is 45.1 Å². The highest BCUT2D eigenvalue weighted by molar-refractivity contribution is 5.14. The third kappa shape index (κ3) is 2.83. The monoisotopic (exact) mass is 250 g/mol. The Bertz CT molecular complexity index is 321. The van der Waals surface area contributed by atoms with Gasteiger partial charge < -0.3 is 9.47 Å². The van der Waals surface area contributed by atoms with Gasteiger partial charge in [0.15, 0.2) is 5.79 Å². The molecule has 0 N–H and O–H groups in total. The van der Waals surface area contributed by atoms with Crippen LogP contribution in [0.3, 0.4) is 0 Å². The highest BCUT2D eigenvalue weighted by atomic mass is 19.4. The van der Waals surface area contributed by atoms with Crippen molar-refractivity contribution in [3.63, 3.8) is 0 Å². The molecule has 1 saturated heterocycles. The average molecular weight is 250 g/mol. The molecule has 2 aliphatic rings. The van der Waals surface area contributed by atoms with E-state index < -0.39 is 17.5 Å². The van der Waals surface area contributed by atoms with E-state index >= 15 is 0 Å². The maximum Gasteiger partial charge on any atom is 0.412 e. The van der Waals surface area contributed by atoms with Crippen molar-refractivity contribution >= 4 is 0 Å². The molecule has 0 saturated carbocycles. The van der Waals surface area contributed by atoms with Gasteiger partial charge in [0, 0.05) is 23.8 Å². The van der Waals surface area contributed by atoms with Crippen LogP contribution in [-0.4, -0.2) is 25.2 Å². The summed E-state index contributed by atoms with van der Waals surface area (Å²) >= 11 is 0. The molecule has 1 heterocycles. The first-order valence-corrected chi connectivity index (χ1v) is 5.77. The van der Waals surface area contributed by atoms with E-state index in [2.05, 4.69) is 0 Å². The van der Waals surface area contributed by atoms with Crippen molar-refractivity contribution in [1.82, 2.24) is 0 Å². The van der Waals surface area contributed by atoms with Crippen LogP contribution in [0.4, 0.5) is 13.2 Å². The Morgan fingerprint density at radius 2 is 1.76 bits per heavy atom. The van der Waals surface area contributed by atoms with Crippen molar-refractivity contribution < 1.29 is 22.6 Å². The average Bonchev–Trinajstić information content (AvgIpc) is 2.23. The molecule has 98 valence electrons. The third-order valence-corrected chi connectivity index (χ3v) is 3.25. The summed E-state index contributed by atoms with van der Waals surface area (Å²) in [5.74, 6) is -0.815. The molecule has 0 amide bonds. The zero-order chi connectivity index (χ0) is 12.7. The van der Waals surface area contributed by atoms with Crippen molar-refractivity contribution in [3.05, 3.63) is 11.6 Å². The number of halogens is 3. The van der Waals surface area contributed by atoms with Gasteiger partial charge in [0.2, 0.25) is 0 Å². The summed E-state index contributed by atoms with van der Waals surface area (Å²) < 4.78 is 48.7. The zero-order valence-corrected chi connectivity index (χ0v) is 10.1. The van der Waals surface area contributed by atoms with Crippen LogP contribution in [0.25, 0.3) is 0 Å². The summed E-state index contributed by atoms with van der Waals surface area (Å²) in [6.45, 7) is 5.09. The van der Waals surface area contributed by atoms with E-state index in [0.717, 1.165) is 0 Å². The standard InChI is InChI=1S/C12H17F3O2/c1-10(2)7-16-11(17-8-10)5-3-9(4-6-11)12(13,14)15/h3H,4-8H2,1-2H3. The topological polar surface area (TPSA) is 18.5 Å². The molecule has 1 aliphatic carbocycles. The van der Waals surface area contributed by atoms with E-state index in [-0.39, 0.29) is 24.7 Å². The molecule has 17 heavy (non-hydrogen) atoms. The number of hydrogen-bond acceptors (Lipinski definition) is 2. The van der Waals surface area contributed by atoms with Gasteiger partial charge in [-0.1, -0.05) is 19.9 Å². The van der Waals surface area contributed by atoms with Gasteiger partial charge in [0.25, 0.3) is 0 Å². The van der Waals surface area contributed by atoms with Gasteiger partial charge in [-0.15, -0.1) is 0 Å². The van der Waals surface area contributed by atoms with E-state index in [0.29, 0.717) is 13.2 Å². The van der Waals surface area contributed by atoms with Crippen LogP contribution in [0.1, 0.15) is 33.1 Å². The fourth-order valence-corrected chi connectivity index (χ4v) is 2.06. The quantitative estimate of drug-likeness (QED) is 0.613. The predicted molar refractivity (Wildman–Crippen MR) is 56.4 cm³/mol. The first-order valence-electron chi connectivity index (χ1n) is 5.77. The first-order chi connectivity index (χ1) is 7.73. The smallest absolute Gasteiger partial charge is 0.349 e. The van der Waals surface area contributed by atoms with Crippen LogP contribution in [-0.2, 0) is 9.47 Å². The van der Waals surface area contributed by atoms with Gasteiger partial charge in [0.1, 0.15) is 0 Å². The third-order valence-electron chi connectivity index (χ3n) is 3.25. The van der Waals surface area contributed by atoms with E-state index in [9.17, 15) is 13.2 Å². The Morgan fingerprint density at radius 1 is 1.18 bits per heavy atom. The Balaban J connectivity index is 2.02. The van der Waals surface area contributed by atoms with E-state index in [1.54, 1.807) is 0 Å². The molecule has 1 spiro atoms. The van der Waals surface area contributed by atoms with Crippen molar-refractivity contribution in [2.75, 3.05) is 13.2 Å². The molecule has 0 aromatic heterocycles. The second-order valence-corrected chi connectivity index (χ2v) is 5.58. The lowest BCUT2D eigenvalue weighted by Gasteiger charge is -2.44. The molecule has 1 aliphatic heterocycles. The van der Waals surface area contributed by atoms with Gasteiger partial charge in [-0.2, -0.15) is 13.2 Å². The van der Waals surface area contributed by atoms with Gasteiger partial charge >= 0.3 is 6.18 Å². The molecule has 2 rings (SSSR count). The van der Waals surface area contributed by atoms with Crippen molar-refractivity contribution in [2.24, 2.45) is 5.41 Å². The van der Waals surface area contributed by atoms with Crippen LogP contribution >= 0.6 is 0 Å². The van der Waals surface area contributed by atoms with Crippen LogP contribution in [0, 0.1) is 5.41 Å². The van der Waals surface area contributed by atoms with Crippen LogP contribution in [0.15, 0.2) is 11.6 Å². The largest absolute Gasteiger partial charge is 0.412 e. The minimum absolute atomic E-state index is 0.0239. The lowest BCUT2D eigenvalue weighted by molar-refractivity contribution is -0.302. The van der Waals surface area contributed by atoms with Gasteiger partial charge in [0.05, 0.1) is 13.2 Å². The molecule has 5 heteroatoms. The normalized spacial score (nSPS) is 27.9. The number of ether oxygens (including phenoxy) is 2. The molecular weight excluding hydrogens is 233 g/mol. The molecule has 0 unspecified atom stereocenters. The van der Waals surface area contributed by atoms with Crippen LogP contribution < -0.4 is 0 Å².